The van der Waals surface area contributed by atoms with E-state index in [1.165, 1.54) is 6.08 Å². The first-order chi connectivity index (χ1) is 12.2. The number of amides is 1. The maximum atomic E-state index is 11.8. The highest BCUT2D eigenvalue weighted by Crippen LogP contribution is 2.22. The fourth-order valence-corrected chi connectivity index (χ4v) is 1.86. The van der Waals surface area contributed by atoms with Gasteiger partial charge in [-0.3, -0.25) is 4.79 Å². The maximum absolute atomic E-state index is 11.8. The SMILES string of the molecule is C/C=C/C=C/C(=O)OCC(=O)Nc1ccc(Oc2ccccc2)cc1. The summed E-state index contributed by atoms with van der Waals surface area (Å²) in [6.45, 7) is 1.49. The number of esters is 1. The minimum absolute atomic E-state index is 0.346. The molecule has 2 aromatic carbocycles. The van der Waals surface area contributed by atoms with Gasteiger partial charge < -0.3 is 14.8 Å². The van der Waals surface area contributed by atoms with E-state index in [2.05, 4.69) is 5.32 Å². The van der Waals surface area contributed by atoms with Gasteiger partial charge in [0.15, 0.2) is 6.61 Å². The number of para-hydroxylation sites is 1. The Kier molecular flexibility index (Phi) is 7.00. The Bertz CT molecular complexity index is 749. The molecule has 0 spiro atoms. The number of allylic oxidation sites excluding steroid dienone is 3. The number of carbonyl (C=O) groups excluding carboxylic acids is 2. The molecule has 2 aromatic rings. The summed E-state index contributed by atoms with van der Waals surface area (Å²) >= 11 is 0. The number of anilines is 1. The average molecular weight is 337 g/mol. The largest absolute Gasteiger partial charge is 0.457 e. The first kappa shape index (κ1) is 18.0. The molecule has 0 heterocycles. The summed E-state index contributed by atoms with van der Waals surface area (Å²) in [5, 5.41) is 2.65. The van der Waals surface area contributed by atoms with Crippen LogP contribution in [0.4, 0.5) is 5.69 Å². The molecule has 0 bridgehead atoms. The van der Waals surface area contributed by atoms with Crippen LogP contribution in [0.3, 0.4) is 0 Å². The number of nitrogens with one attached hydrogen (secondary N) is 1. The number of ether oxygens (including phenoxy) is 2. The van der Waals surface area contributed by atoms with E-state index in [9.17, 15) is 9.59 Å². The molecule has 0 saturated carbocycles. The number of benzene rings is 2. The predicted molar refractivity (Wildman–Crippen MR) is 96.5 cm³/mol. The monoisotopic (exact) mass is 337 g/mol. The number of hydrogen-bond donors (Lipinski definition) is 1. The zero-order valence-corrected chi connectivity index (χ0v) is 13.8. The molecule has 0 aliphatic heterocycles. The molecule has 0 fully saturated rings. The summed E-state index contributed by atoms with van der Waals surface area (Å²) in [5.74, 6) is 0.409. The molecule has 0 aromatic heterocycles. The van der Waals surface area contributed by atoms with Gasteiger partial charge in [-0.1, -0.05) is 36.4 Å². The Labute approximate surface area is 146 Å². The maximum Gasteiger partial charge on any atom is 0.331 e. The summed E-state index contributed by atoms with van der Waals surface area (Å²) in [6, 6.07) is 16.3. The third kappa shape index (κ3) is 6.74. The first-order valence-electron chi connectivity index (χ1n) is 7.76. The summed E-state index contributed by atoms with van der Waals surface area (Å²) in [6.07, 6.45) is 6.27. The van der Waals surface area contributed by atoms with Crippen LogP contribution in [0.25, 0.3) is 0 Å². The van der Waals surface area contributed by atoms with E-state index in [-0.39, 0.29) is 6.61 Å². The van der Waals surface area contributed by atoms with Crippen LogP contribution in [-0.2, 0) is 14.3 Å². The van der Waals surface area contributed by atoms with E-state index in [1.807, 2.05) is 37.3 Å². The van der Waals surface area contributed by atoms with Gasteiger partial charge in [0.05, 0.1) is 0 Å². The molecule has 0 aliphatic carbocycles. The van der Waals surface area contributed by atoms with E-state index in [0.717, 1.165) is 5.75 Å². The van der Waals surface area contributed by atoms with Crippen molar-refractivity contribution >= 4 is 17.6 Å². The van der Waals surface area contributed by atoms with Crippen molar-refractivity contribution < 1.29 is 19.1 Å². The van der Waals surface area contributed by atoms with E-state index < -0.39 is 11.9 Å². The molecule has 1 N–H and O–H groups in total. The van der Waals surface area contributed by atoms with Gasteiger partial charge in [0.2, 0.25) is 0 Å². The fourth-order valence-electron chi connectivity index (χ4n) is 1.86. The quantitative estimate of drug-likeness (QED) is 0.469. The second kappa shape index (κ2) is 9.72. The van der Waals surface area contributed by atoms with Crippen LogP contribution in [0.2, 0.25) is 0 Å². The topological polar surface area (TPSA) is 64.6 Å². The summed E-state index contributed by atoms with van der Waals surface area (Å²) < 4.78 is 10.5. The average Bonchev–Trinajstić information content (AvgIpc) is 2.63. The smallest absolute Gasteiger partial charge is 0.331 e. The zero-order valence-electron chi connectivity index (χ0n) is 13.8. The van der Waals surface area contributed by atoms with Crippen molar-refractivity contribution in [3.05, 3.63) is 78.9 Å². The standard InChI is InChI=1S/C20H19NO4/c1-2-3-5-10-20(23)24-15-19(22)21-16-11-13-18(14-12-16)25-17-8-6-4-7-9-17/h2-14H,15H2,1H3,(H,21,22)/b3-2+,10-5+. The van der Waals surface area contributed by atoms with Crippen LogP contribution in [0.5, 0.6) is 11.5 Å². The molecule has 5 nitrogen and oxygen atoms in total. The van der Waals surface area contributed by atoms with Gasteiger partial charge in [0, 0.05) is 11.8 Å². The van der Waals surface area contributed by atoms with Crippen molar-refractivity contribution in [2.75, 3.05) is 11.9 Å². The molecular formula is C20H19NO4. The molecule has 25 heavy (non-hydrogen) atoms. The van der Waals surface area contributed by atoms with Gasteiger partial charge in [-0.05, 0) is 43.3 Å². The Morgan fingerprint density at radius 1 is 0.960 bits per heavy atom. The minimum atomic E-state index is -0.570. The van der Waals surface area contributed by atoms with Crippen molar-refractivity contribution in [1.82, 2.24) is 0 Å². The van der Waals surface area contributed by atoms with Gasteiger partial charge in [0.1, 0.15) is 11.5 Å². The lowest BCUT2D eigenvalue weighted by molar-refractivity contribution is -0.142. The van der Waals surface area contributed by atoms with Crippen LogP contribution in [0, 0.1) is 0 Å². The summed E-state index contributed by atoms with van der Waals surface area (Å²) in [5.41, 5.74) is 0.589. The molecule has 0 radical (unpaired) electrons. The molecule has 128 valence electrons. The van der Waals surface area contributed by atoms with Gasteiger partial charge in [-0.2, -0.15) is 0 Å². The summed E-state index contributed by atoms with van der Waals surface area (Å²) in [7, 11) is 0. The summed E-state index contributed by atoms with van der Waals surface area (Å²) in [4.78, 5) is 23.1. The Morgan fingerprint density at radius 2 is 1.64 bits per heavy atom. The molecule has 0 saturated heterocycles. The van der Waals surface area contributed by atoms with Gasteiger partial charge in [-0.15, -0.1) is 0 Å². The number of rotatable bonds is 7. The van der Waals surface area contributed by atoms with E-state index in [4.69, 9.17) is 9.47 Å². The normalized spacial score (nSPS) is 10.8. The van der Waals surface area contributed by atoms with E-state index >= 15 is 0 Å². The molecule has 5 heteroatoms. The van der Waals surface area contributed by atoms with Crippen LogP contribution in [-0.4, -0.2) is 18.5 Å². The molecule has 2 rings (SSSR count). The van der Waals surface area contributed by atoms with Gasteiger partial charge >= 0.3 is 5.97 Å². The van der Waals surface area contributed by atoms with Crippen molar-refractivity contribution in [2.45, 2.75) is 6.92 Å². The van der Waals surface area contributed by atoms with Crippen molar-refractivity contribution in [1.29, 1.82) is 0 Å². The number of carbonyl (C=O) groups is 2. The Balaban J connectivity index is 1.80. The highest BCUT2D eigenvalue weighted by atomic mass is 16.5. The highest BCUT2D eigenvalue weighted by molar-refractivity contribution is 5.93. The van der Waals surface area contributed by atoms with Gasteiger partial charge in [0.25, 0.3) is 5.91 Å². The Morgan fingerprint density at radius 3 is 2.32 bits per heavy atom. The molecule has 0 aliphatic rings. The van der Waals surface area contributed by atoms with Crippen LogP contribution in [0.15, 0.2) is 78.9 Å². The third-order valence-corrected chi connectivity index (χ3v) is 3.00. The molecule has 0 atom stereocenters. The minimum Gasteiger partial charge on any atom is -0.457 e. The van der Waals surface area contributed by atoms with E-state index in [1.54, 1.807) is 42.5 Å². The first-order valence-corrected chi connectivity index (χ1v) is 7.76. The van der Waals surface area contributed by atoms with Crippen molar-refractivity contribution in [3.8, 4) is 11.5 Å². The second-order valence-corrected chi connectivity index (χ2v) is 4.98. The lowest BCUT2D eigenvalue weighted by atomic mass is 10.3. The van der Waals surface area contributed by atoms with Crippen molar-refractivity contribution in [3.63, 3.8) is 0 Å². The van der Waals surface area contributed by atoms with E-state index in [0.29, 0.717) is 11.4 Å². The lowest BCUT2D eigenvalue weighted by Gasteiger charge is -2.08. The lowest BCUT2D eigenvalue weighted by Crippen LogP contribution is -2.20. The molecule has 0 unspecified atom stereocenters. The zero-order chi connectivity index (χ0) is 17.9. The predicted octanol–water partition coefficient (Wildman–Crippen LogP) is 4.09. The third-order valence-electron chi connectivity index (χ3n) is 3.00. The highest BCUT2D eigenvalue weighted by Gasteiger charge is 2.06. The number of hydrogen-bond acceptors (Lipinski definition) is 4. The Hall–Kier alpha value is -3.34. The second-order valence-electron chi connectivity index (χ2n) is 4.98. The van der Waals surface area contributed by atoms with Gasteiger partial charge in [-0.25, -0.2) is 4.79 Å². The molecule has 1 amide bonds. The fraction of sp³-hybridized carbons (Fsp3) is 0.100. The van der Waals surface area contributed by atoms with Crippen LogP contribution < -0.4 is 10.1 Å². The van der Waals surface area contributed by atoms with Crippen LogP contribution in [0.1, 0.15) is 6.92 Å². The van der Waals surface area contributed by atoms with Crippen molar-refractivity contribution in [2.24, 2.45) is 0 Å². The molecular weight excluding hydrogens is 318 g/mol. The van der Waals surface area contributed by atoms with Crippen LogP contribution >= 0.6 is 0 Å².